The average molecular weight is 231 g/mol. The molecule has 2 rings (SSSR count). The van der Waals surface area contributed by atoms with Crippen LogP contribution in [0.4, 0.5) is 0 Å². The number of halogens is 1. The van der Waals surface area contributed by atoms with Gasteiger partial charge in [0, 0.05) is 0 Å². The summed E-state index contributed by atoms with van der Waals surface area (Å²) in [4.78, 5) is 26.8. The van der Waals surface area contributed by atoms with E-state index in [-0.39, 0.29) is 12.4 Å². The van der Waals surface area contributed by atoms with E-state index in [0.29, 0.717) is 11.6 Å². The Labute approximate surface area is 87.3 Å². The fourth-order valence-electron chi connectivity index (χ4n) is 1.09. The number of alkyl halides is 1. The summed E-state index contributed by atoms with van der Waals surface area (Å²) < 4.78 is 1.13. The van der Waals surface area contributed by atoms with Crippen molar-refractivity contribution in [1.82, 2.24) is 29.9 Å². The molecule has 0 aromatic carbocycles. The van der Waals surface area contributed by atoms with Gasteiger partial charge < -0.3 is 0 Å². The van der Waals surface area contributed by atoms with Gasteiger partial charge in [0.2, 0.25) is 0 Å². The molecule has 0 atom stereocenters. The quantitative estimate of drug-likeness (QED) is 0.573. The van der Waals surface area contributed by atoms with Gasteiger partial charge in [0.05, 0.1) is 5.88 Å². The molecule has 0 fully saturated rings. The summed E-state index contributed by atoms with van der Waals surface area (Å²) >= 11 is 5.49. The Morgan fingerprint density at radius 1 is 1.27 bits per heavy atom. The zero-order chi connectivity index (χ0) is 10.8. The lowest BCUT2D eigenvalue weighted by Gasteiger charge is -1.92. The number of H-pyrrole nitrogens is 3. The first-order chi connectivity index (χ1) is 7.19. The van der Waals surface area contributed by atoms with E-state index in [0.717, 1.165) is 4.68 Å². The second kappa shape index (κ2) is 3.73. The van der Waals surface area contributed by atoms with E-state index in [4.69, 9.17) is 11.6 Å². The Bertz CT molecular complexity index is 562. The Morgan fingerprint density at radius 3 is 2.60 bits per heavy atom. The van der Waals surface area contributed by atoms with Gasteiger partial charge in [0.15, 0.2) is 5.82 Å². The molecule has 9 heteroatoms. The normalized spacial score (nSPS) is 10.7. The maximum Gasteiger partial charge on any atom is 0.343 e. The molecule has 2 aromatic heterocycles. The zero-order valence-corrected chi connectivity index (χ0v) is 8.21. The first-order valence-corrected chi connectivity index (χ1v) is 4.58. The van der Waals surface area contributed by atoms with Crippen molar-refractivity contribution in [2.24, 2.45) is 0 Å². The lowest BCUT2D eigenvalue weighted by atomic mass is 10.6. The van der Waals surface area contributed by atoms with E-state index in [1.807, 2.05) is 0 Å². The topological polar surface area (TPSA) is 112 Å². The summed E-state index contributed by atoms with van der Waals surface area (Å²) in [6, 6.07) is 0. The molecular formula is C6H7ClN6O2. The number of nitrogens with zero attached hydrogens (tertiary/aromatic N) is 3. The van der Waals surface area contributed by atoms with Crippen LogP contribution in [0, 0.1) is 0 Å². The van der Waals surface area contributed by atoms with Crippen molar-refractivity contribution >= 4 is 11.6 Å². The third-order valence-electron chi connectivity index (χ3n) is 1.70. The highest BCUT2D eigenvalue weighted by atomic mass is 35.5. The van der Waals surface area contributed by atoms with Gasteiger partial charge in [-0.05, 0) is 0 Å². The van der Waals surface area contributed by atoms with E-state index in [1.165, 1.54) is 0 Å². The largest absolute Gasteiger partial charge is 0.343 e. The van der Waals surface area contributed by atoms with Crippen LogP contribution in [0.5, 0.6) is 0 Å². The summed E-state index contributed by atoms with van der Waals surface area (Å²) in [6.45, 7) is 0.0883. The number of aromatic amines is 3. The fourth-order valence-corrected chi connectivity index (χ4v) is 1.21. The third kappa shape index (κ3) is 1.99. The van der Waals surface area contributed by atoms with Crippen molar-refractivity contribution in [2.75, 3.05) is 0 Å². The highest BCUT2D eigenvalue weighted by Crippen LogP contribution is 1.92. The van der Waals surface area contributed by atoms with Crippen LogP contribution in [0.3, 0.4) is 0 Å². The highest BCUT2D eigenvalue weighted by Gasteiger charge is 2.06. The van der Waals surface area contributed by atoms with Crippen LogP contribution in [-0.2, 0) is 12.4 Å². The van der Waals surface area contributed by atoms with E-state index in [2.05, 4.69) is 25.3 Å². The van der Waals surface area contributed by atoms with Crippen molar-refractivity contribution in [1.29, 1.82) is 0 Å². The van der Waals surface area contributed by atoms with E-state index in [1.54, 1.807) is 0 Å². The van der Waals surface area contributed by atoms with Crippen molar-refractivity contribution < 1.29 is 0 Å². The predicted molar refractivity (Wildman–Crippen MR) is 50.7 cm³/mol. The summed E-state index contributed by atoms with van der Waals surface area (Å²) in [7, 11) is 0. The summed E-state index contributed by atoms with van der Waals surface area (Å²) in [5, 5.41) is 9.71. The molecule has 80 valence electrons. The first kappa shape index (κ1) is 9.71. The second-order valence-electron chi connectivity index (χ2n) is 2.79. The lowest BCUT2D eigenvalue weighted by Crippen LogP contribution is -2.19. The van der Waals surface area contributed by atoms with Crippen molar-refractivity contribution in [2.45, 2.75) is 12.4 Å². The molecule has 0 radical (unpaired) electrons. The minimum Gasteiger partial charge on any atom is -0.292 e. The van der Waals surface area contributed by atoms with Crippen LogP contribution < -0.4 is 11.4 Å². The van der Waals surface area contributed by atoms with Crippen LogP contribution in [0.15, 0.2) is 9.59 Å². The van der Waals surface area contributed by atoms with Crippen LogP contribution in [0.25, 0.3) is 0 Å². The Kier molecular flexibility index (Phi) is 2.42. The van der Waals surface area contributed by atoms with Gasteiger partial charge in [0.1, 0.15) is 12.4 Å². The molecule has 8 nitrogen and oxygen atoms in total. The molecule has 0 saturated carbocycles. The minimum atomic E-state index is -0.425. The van der Waals surface area contributed by atoms with Crippen LogP contribution in [0.1, 0.15) is 11.6 Å². The smallest absolute Gasteiger partial charge is 0.292 e. The average Bonchev–Trinajstić information content (AvgIpc) is 2.75. The van der Waals surface area contributed by atoms with Gasteiger partial charge >= 0.3 is 11.4 Å². The van der Waals surface area contributed by atoms with Gasteiger partial charge in [-0.2, -0.15) is 10.2 Å². The first-order valence-electron chi connectivity index (χ1n) is 4.04. The number of nitrogens with one attached hydrogen (secondary N) is 3. The van der Waals surface area contributed by atoms with Crippen molar-refractivity contribution in [3.8, 4) is 0 Å². The number of aromatic nitrogens is 6. The van der Waals surface area contributed by atoms with Crippen LogP contribution in [0.2, 0.25) is 0 Å². The SMILES string of the molecule is O=c1[nH]nc(Cn2nc(CCl)[nH]c2=O)[nH]1. The van der Waals surface area contributed by atoms with Gasteiger partial charge in [-0.1, -0.05) is 0 Å². The van der Waals surface area contributed by atoms with E-state index >= 15 is 0 Å². The fraction of sp³-hybridized carbons (Fsp3) is 0.333. The zero-order valence-electron chi connectivity index (χ0n) is 7.45. The molecule has 2 aromatic rings. The molecule has 0 saturated heterocycles. The molecule has 0 aliphatic rings. The van der Waals surface area contributed by atoms with Gasteiger partial charge in [0.25, 0.3) is 0 Å². The molecule has 0 spiro atoms. The Balaban J connectivity index is 2.27. The molecular weight excluding hydrogens is 224 g/mol. The van der Waals surface area contributed by atoms with Gasteiger partial charge in [-0.15, -0.1) is 11.6 Å². The monoisotopic (exact) mass is 230 g/mol. The third-order valence-corrected chi connectivity index (χ3v) is 1.96. The predicted octanol–water partition coefficient (Wildman–Crippen LogP) is -1.23. The van der Waals surface area contributed by atoms with Crippen LogP contribution in [-0.4, -0.2) is 29.9 Å². The number of hydrogen-bond donors (Lipinski definition) is 3. The Morgan fingerprint density at radius 2 is 2.07 bits per heavy atom. The summed E-state index contributed by atoms with van der Waals surface area (Å²) in [6.07, 6.45) is 0. The molecule has 3 N–H and O–H groups in total. The molecule has 0 bridgehead atoms. The molecule has 0 aliphatic carbocycles. The van der Waals surface area contributed by atoms with Gasteiger partial charge in [-0.25, -0.2) is 19.4 Å². The number of hydrogen-bond acceptors (Lipinski definition) is 4. The van der Waals surface area contributed by atoms with E-state index in [9.17, 15) is 9.59 Å². The van der Waals surface area contributed by atoms with E-state index < -0.39 is 11.4 Å². The van der Waals surface area contributed by atoms with Crippen molar-refractivity contribution in [3.63, 3.8) is 0 Å². The Hall–Kier alpha value is -1.83. The second-order valence-corrected chi connectivity index (χ2v) is 3.06. The summed E-state index contributed by atoms with van der Waals surface area (Å²) in [5.74, 6) is 0.827. The highest BCUT2D eigenvalue weighted by molar-refractivity contribution is 6.16. The standard InChI is InChI=1S/C6H7ClN6O2/c7-1-3-9-6(15)13(12-3)2-4-8-5(14)11-10-4/h1-2H2,(H,9,12,15)(H2,8,10,11,14). The maximum absolute atomic E-state index is 11.3. The lowest BCUT2D eigenvalue weighted by molar-refractivity contribution is 0.628. The molecule has 0 aliphatic heterocycles. The maximum atomic E-state index is 11.3. The molecule has 2 heterocycles. The van der Waals surface area contributed by atoms with Crippen molar-refractivity contribution in [3.05, 3.63) is 32.6 Å². The van der Waals surface area contributed by atoms with Crippen LogP contribution >= 0.6 is 11.6 Å². The number of rotatable bonds is 3. The molecule has 15 heavy (non-hydrogen) atoms. The molecule has 0 unspecified atom stereocenters. The molecule has 0 amide bonds. The van der Waals surface area contributed by atoms with Gasteiger partial charge in [-0.3, -0.25) is 9.97 Å². The summed E-state index contributed by atoms with van der Waals surface area (Å²) in [5.41, 5.74) is -0.819. The minimum absolute atomic E-state index is 0.0883.